The molecule has 8 heteroatoms. The molecule has 2 aromatic carbocycles. The predicted octanol–water partition coefficient (Wildman–Crippen LogP) is 4.25. The van der Waals surface area contributed by atoms with E-state index in [1.165, 1.54) is 18.2 Å². The lowest BCUT2D eigenvalue weighted by molar-refractivity contribution is 0.601. The van der Waals surface area contributed by atoms with Crippen molar-refractivity contribution >= 4 is 64.9 Å². The van der Waals surface area contributed by atoms with Crippen LogP contribution in [0.1, 0.15) is 0 Å². The molecule has 0 atom stereocenters. The Kier molecular flexibility index (Phi) is 4.63. The van der Waals surface area contributed by atoms with Gasteiger partial charge in [0.05, 0.1) is 10.7 Å². The topological polar surface area (TPSA) is 72.2 Å². The molecule has 0 aliphatic rings. The molecule has 0 aliphatic heterocycles. The molecule has 4 nitrogen and oxygen atoms in total. The number of nitrogens with two attached hydrogens (primary N) is 1. The number of halogens is 3. The van der Waals surface area contributed by atoms with Crippen LogP contribution in [0.25, 0.3) is 0 Å². The average molecular weight is 441 g/mol. The fourth-order valence-electron chi connectivity index (χ4n) is 1.50. The van der Waals surface area contributed by atoms with Crippen molar-refractivity contribution in [1.82, 2.24) is 0 Å². The van der Waals surface area contributed by atoms with Crippen molar-refractivity contribution < 1.29 is 8.42 Å². The van der Waals surface area contributed by atoms with Crippen molar-refractivity contribution in [3.05, 3.63) is 50.4 Å². The molecule has 0 unspecified atom stereocenters. The van der Waals surface area contributed by atoms with E-state index in [2.05, 4.69) is 36.6 Å². The Morgan fingerprint density at radius 1 is 1.05 bits per heavy atom. The first-order valence-corrected chi connectivity index (χ1v) is 8.77. The molecule has 0 aliphatic carbocycles. The highest BCUT2D eigenvalue weighted by molar-refractivity contribution is 9.10. The molecule has 0 saturated heterocycles. The highest BCUT2D eigenvalue weighted by Gasteiger charge is 2.18. The van der Waals surface area contributed by atoms with E-state index in [0.29, 0.717) is 25.3 Å². The summed E-state index contributed by atoms with van der Waals surface area (Å²) in [4.78, 5) is 0.109. The quantitative estimate of drug-likeness (QED) is 0.701. The van der Waals surface area contributed by atoms with Gasteiger partial charge in [0.1, 0.15) is 4.90 Å². The van der Waals surface area contributed by atoms with Gasteiger partial charge in [-0.05, 0) is 68.3 Å². The summed E-state index contributed by atoms with van der Waals surface area (Å²) in [5, 5.41) is 0.501. The molecular weight excluding hydrogens is 431 g/mol. The molecule has 2 rings (SSSR count). The third-order valence-electron chi connectivity index (χ3n) is 2.42. The van der Waals surface area contributed by atoms with Crippen LogP contribution in [-0.4, -0.2) is 8.42 Å². The van der Waals surface area contributed by atoms with E-state index in [1.54, 1.807) is 18.2 Å². The number of rotatable bonds is 3. The zero-order chi connectivity index (χ0) is 14.9. The standard InChI is InChI=1S/C12H9Br2ClN2O2S/c13-9-6-8(2-3-11(9)15)17-20(18,19)12-4-1-7(16)5-10(12)14/h1-6,17H,16H2. The van der Waals surface area contributed by atoms with E-state index < -0.39 is 10.0 Å². The van der Waals surface area contributed by atoms with Gasteiger partial charge in [-0.1, -0.05) is 11.6 Å². The minimum Gasteiger partial charge on any atom is -0.399 e. The van der Waals surface area contributed by atoms with Gasteiger partial charge in [-0.3, -0.25) is 4.72 Å². The third kappa shape index (κ3) is 3.46. The number of nitrogen functional groups attached to an aromatic ring is 1. The number of sulfonamides is 1. The zero-order valence-electron chi connectivity index (χ0n) is 9.90. The second kappa shape index (κ2) is 5.93. The normalized spacial score (nSPS) is 11.3. The SMILES string of the molecule is Nc1ccc(S(=O)(=O)Nc2ccc(Cl)c(Br)c2)c(Br)c1. The van der Waals surface area contributed by atoms with Gasteiger partial charge in [0, 0.05) is 14.6 Å². The molecule has 0 fully saturated rings. The Hall–Kier alpha value is -0.760. The van der Waals surface area contributed by atoms with Crippen LogP contribution in [0.5, 0.6) is 0 Å². The van der Waals surface area contributed by atoms with Gasteiger partial charge in [0.2, 0.25) is 0 Å². The highest BCUT2D eigenvalue weighted by Crippen LogP contribution is 2.29. The Bertz CT molecular complexity index is 766. The Morgan fingerprint density at radius 2 is 1.75 bits per heavy atom. The monoisotopic (exact) mass is 438 g/mol. The molecule has 2 aromatic rings. The number of nitrogens with one attached hydrogen (secondary N) is 1. The highest BCUT2D eigenvalue weighted by atomic mass is 79.9. The van der Waals surface area contributed by atoms with E-state index in [1.807, 2.05) is 0 Å². The maximum atomic E-state index is 12.3. The van der Waals surface area contributed by atoms with Crippen LogP contribution in [0.3, 0.4) is 0 Å². The molecule has 106 valence electrons. The van der Waals surface area contributed by atoms with Gasteiger partial charge in [-0.15, -0.1) is 0 Å². The van der Waals surface area contributed by atoms with Gasteiger partial charge < -0.3 is 5.73 Å². The largest absolute Gasteiger partial charge is 0.399 e. The lowest BCUT2D eigenvalue weighted by Gasteiger charge is -2.10. The smallest absolute Gasteiger partial charge is 0.263 e. The van der Waals surface area contributed by atoms with E-state index >= 15 is 0 Å². The first-order valence-electron chi connectivity index (χ1n) is 5.32. The summed E-state index contributed by atoms with van der Waals surface area (Å²) in [7, 11) is -3.71. The minimum absolute atomic E-state index is 0.109. The van der Waals surface area contributed by atoms with E-state index in [4.69, 9.17) is 17.3 Å². The maximum absolute atomic E-state index is 12.3. The Labute approximate surface area is 138 Å². The Morgan fingerprint density at radius 3 is 2.35 bits per heavy atom. The molecule has 3 N–H and O–H groups in total. The fourth-order valence-corrected chi connectivity index (χ4v) is 4.15. The number of hydrogen-bond donors (Lipinski definition) is 2. The molecular formula is C12H9Br2ClN2O2S. The summed E-state index contributed by atoms with van der Waals surface area (Å²) in [5.41, 5.74) is 6.48. The fraction of sp³-hybridized carbons (Fsp3) is 0. The molecule has 0 saturated carbocycles. The average Bonchev–Trinajstić information content (AvgIpc) is 2.33. The van der Waals surface area contributed by atoms with Crippen LogP contribution in [0.2, 0.25) is 5.02 Å². The molecule has 0 heterocycles. The lowest BCUT2D eigenvalue weighted by atomic mass is 10.3. The molecule has 0 spiro atoms. The van der Waals surface area contributed by atoms with Crippen molar-refractivity contribution in [2.24, 2.45) is 0 Å². The second-order valence-electron chi connectivity index (χ2n) is 3.92. The van der Waals surface area contributed by atoms with E-state index in [9.17, 15) is 8.42 Å². The summed E-state index contributed by atoms with van der Waals surface area (Å²) in [6.45, 7) is 0. The van der Waals surface area contributed by atoms with Crippen molar-refractivity contribution in [2.45, 2.75) is 4.90 Å². The van der Waals surface area contributed by atoms with Gasteiger partial charge in [-0.2, -0.15) is 0 Å². The molecule has 0 radical (unpaired) electrons. The Balaban J connectivity index is 2.38. The van der Waals surface area contributed by atoms with Gasteiger partial charge in [0.25, 0.3) is 10.0 Å². The predicted molar refractivity (Wildman–Crippen MR) is 88.5 cm³/mol. The van der Waals surface area contributed by atoms with E-state index in [0.717, 1.165) is 0 Å². The second-order valence-corrected chi connectivity index (χ2v) is 7.69. The molecule has 0 aromatic heterocycles. The minimum atomic E-state index is -3.71. The van der Waals surface area contributed by atoms with Crippen LogP contribution in [0.15, 0.2) is 50.2 Å². The summed E-state index contributed by atoms with van der Waals surface area (Å²) >= 11 is 12.3. The summed E-state index contributed by atoms with van der Waals surface area (Å²) in [6.07, 6.45) is 0. The third-order valence-corrected chi connectivity index (χ3v) is 5.99. The maximum Gasteiger partial charge on any atom is 0.263 e. The van der Waals surface area contributed by atoms with Crippen LogP contribution >= 0.6 is 43.5 Å². The summed E-state index contributed by atoms with van der Waals surface area (Å²) in [6, 6.07) is 9.26. The van der Waals surface area contributed by atoms with Crippen molar-refractivity contribution in [2.75, 3.05) is 10.5 Å². The van der Waals surface area contributed by atoms with Crippen molar-refractivity contribution in [3.8, 4) is 0 Å². The molecule has 0 bridgehead atoms. The van der Waals surface area contributed by atoms with Crippen molar-refractivity contribution in [3.63, 3.8) is 0 Å². The van der Waals surface area contributed by atoms with E-state index in [-0.39, 0.29) is 4.90 Å². The van der Waals surface area contributed by atoms with Gasteiger partial charge in [-0.25, -0.2) is 8.42 Å². The first-order chi connectivity index (χ1) is 9.29. The number of anilines is 2. The number of hydrogen-bond acceptors (Lipinski definition) is 3. The zero-order valence-corrected chi connectivity index (χ0v) is 14.6. The first kappa shape index (κ1) is 15.6. The summed E-state index contributed by atoms with van der Waals surface area (Å²) < 4.78 is 28.1. The van der Waals surface area contributed by atoms with Crippen molar-refractivity contribution in [1.29, 1.82) is 0 Å². The lowest BCUT2D eigenvalue weighted by Crippen LogP contribution is -2.13. The van der Waals surface area contributed by atoms with Crippen LogP contribution < -0.4 is 10.5 Å². The van der Waals surface area contributed by atoms with Crippen LogP contribution in [0.4, 0.5) is 11.4 Å². The molecule has 20 heavy (non-hydrogen) atoms. The van der Waals surface area contributed by atoms with Crippen LogP contribution in [-0.2, 0) is 10.0 Å². The number of benzene rings is 2. The molecule has 0 amide bonds. The van der Waals surface area contributed by atoms with Gasteiger partial charge in [0.15, 0.2) is 0 Å². The van der Waals surface area contributed by atoms with Gasteiger partial charge >= 0.3 is 0 Å². The van der Waals surface area contributed by atoms with Crippen LogP contribution in [0, 0.1) is 0 Å². The summed E-state index contributed by atoms with van der Waals surface area (Å²) in [5.74, 6) is 0.